The summed E-state index contributed by atoms with van der Waals surface area (Å²) in [4.78, 5) is 21.7. The largest absolute Gasteiger partial charge is 0.507 e. The number of ketones is 1. The smallest absolute Gasteiger partial charge is 0.185 e. The second kappa shape index (κ2) is 4.25. The van der Waals surface area contributed by atoms with Crippen LogP contribution in [0.2, 0.25) is 0 Å². The number of Topliss-reactive ketones (excluding diaryl/α,β-unsaturated/α-hetero) is 1. The molecule has 0 spiro atoms. The Bertz CT molecular complexity index is 581. The molecular weight excluding hydrogens is 220 g/mol. The van der Waals surface area contributed by atoms with Gasteiger partial charge in [0, 0.05) is 5.56 Å². The molecule has 1 N–H and O–H groups in total. The number of rotatable bonds is 3. The van der Waals surface area contributed by atoms with E-state index in [1.54, 1.807) is 6.07 Å². The zero-order valence-electron chi connectivity index (χ0n) is 9.14. The van der Waals surface area contributed by atoms with Crippen LogP contribution in [0.25, 0.3) is 11.3 Å². The van der Waals surface area contributed by atoms with Crippen LogP contribution in [-0.4, -0.2) is 17.2 Å². The number of hydrogen-bond acceptors (Lipinski definition) is 4. The minimum Gasteiger partial charge on any atom is -0.507 e. The average Bonchev–Trinajstić information content (AvgIpc) is 2.77. The van der Waals surface area contributed by atoms with E-state index in [0.29, 0.717) is 23.2 Å². The molecule has 1 aromatic carbocycles. The van der Waals surface area contributed by atoms with Crippen molar-refractivity contribution in [2.45, 2.75) is 6.92 Å². The van der Waals surface area contributed by atoms with Crippen LogP contribution in [0.3, 0.4) is 0 Å². The lowest BCUT2D eigenvalue weighted by Gasteiger charge is -2.03. The molecule has 0 saturated heterocycles. The second-order valence-corrected chi connectivity index (χ2v) is 3.61. The lowest BCUT2D eigenvalue weighted by atomic mass is 10.1. The molecule has 2 aromatic rings. The van der Waals surface area contributed by atoms with E-state index in [0.717, 1.165) is 0 Å². The molecule has 2 rings (SSSR count). The molecule has 0 aliphatic rings. The van der Waals surface area contributed by atoms with Gasteiger partial charge in [-0.15, -0.1) is 0 Å². The normalized spacial score (nSPS) is 10.2. The van der Waals surface area contributed by atoms with E-state index >= 15 is 0 Å². The van der Waals surface area contributed by atoms with Crippen molar-refractivity contribution in [1.82, 2.24) is 0 Å². The molecule has 0 unspecified atom stereocenters. The average molecular weight is 230 g/mol. The molecule has 86 valence electrons. The number of phenolic OH excluding ortho intramolecular Hbond substituents is 1. The number of aldehydes is 1. The summed E-state index contributed by atoms with van der Waals surface area (Å²) in [6.07, 6.45) is 0.579. The minimum absolute atomic E-state index is 0.00167. The molecule has 0 amide bonds. The molecule has 17 heavy (non-hydrogen) atoms. The van der Waals surface area contributed by atoms with E-state index in [1.807, 2.05) is 0 Å². The van der Waals surface area contributed by atoms with E-state index in [2.05, 4.69) is 0 Å². The summed E-state index contributed by atoms with van der Waals surface area (Å²) in [7, 11) is 0. The molecule has 0 atom stereocenters. The van der Waals surface area contributed by atoms with E-state index < -0.39 is 0 Å². The monoisotopic (exact) mass is 230 g/mol. The number of aromatic hydroxyl groups is 1. The van der Waals surface area contributed by atoms with Crippen LogP contribution < -0.4 is 0 Å². The number of phenols is 1. The summed E-state index contributed by atoms with van der Waals surface area (Å²) in [6, 6.07) is 7.57. The summed E-state index contributed by atoms with van der Waals surface area (Å²) in [6.45, 7) is 1.44. The number of furan rings is 1. The maximum absolute atomic E-state index is 11.2. The summed E-state index contributed by atoms with van der Waals surface area (Å²) >= 11 is 0. The number of hydrogen-bond donors (Lipinski definition) is 1. The van der Waals surface area contributed by atoms with E-state index in [1.165, 1.54) is 31.2 Å². The molecule has 0 fully saturated rings. The third kappa shape index (κ3) is 2.10. The molecule has 0 saturated carbocycles. The van der Waals surface area contributed by atoms with Gasteiger partial charge in [-0.25, -0.2) is 0 Å². The maximum atomic E-state index is 11.2. The Morgan fingerprint density at radius 2 is 2.06 bits per heavy atom. The summed E-state index contributed by atoms with van der Waals surface area (Å²) in [5, 5.41) is 9.69. The predicted octanol–water partition coefficient (Wildman–Crippen LogP) is 2.67. The molecule has 0 bridgehead atoms. The Hall–Kier alpha value is -2.36. The van der Waals surface area contributed by atoms with Crippen LogP contribution >= 0.6 is 0 Å². The number of benzene rings is 1. The first-order chi connectivity index (χ1) is 8.11. The zero-order valence-corrected chi connectivity index (χ0v) is 9.14. The quantitative estimate of drug-likeness (QED) is 0.650. The third-order valence-corrected chi connectivity index (χ3v) is 2.41. The van der Waals surface area contributed by atoms with Crippen molar-refractivity contribution in [2.75, 3.05) is 0 Å². The van der Waals surface area contributed by atoms with Gasteiger partial charge in [-0.2, -0.15) is 0 Å². The van der Waals surface area contributed by atoms with Gasteiger partial charge in [-0.1, -0.05) is 0 Å². The van der Waals surface area contributed by atoms with Crippen molar-refractivity contribution < 1.29 is 19.1 Å². The molecular formula is C13H10O4. The van der Waals surface area contributed by atoms with Crippen molar-refractivity contribution in [3.8, 4) is 17.1 Å². The van der Waals surface area contributed by atoms with Gasteiger partial charge in [0.1, 0.15) is 11.5 Å². The van der Waals surface area contributed by atoms with E-state index in [-0.39, 0.29) is 17.3 Å². The maximum Gasteiger partial charge on any atom is 0.185 e. The molecule has 1 aromatic heterocycles. The summed E-state index contributed by atoms with van der Waals surface area (Å²) in [5.41, 5.74) is 0.868. The van der Waals surface area contributed by atoms with Crippen LogP contribution in [0.15, 0.2) is 34.7 Å². The van der Waals surface area contributed by atoms with Gasteiger partial charge < -0.3 is 9.52 Å². The lowest BCUT2D eigenvalue weighted by molar-refractivity contribution is 0.101. The van der Waals surface area contributed by atoms with E-state index in [9.17, 15) is 14.7 Å². The van der Waals surface area contributed by atoms with Crippen LogP contribution in [-0.2, 0) is 0 Å². The molecule has 0 radical (unpaired) electrons. The standard InChI is InChI=1S/C13H10O4/c1-8(15)9-2-4-12(16)11(6-9)13-5-3-10(7-14)17-13/h2-7,16H,1H3. The Kier molecular flexibility index (Phi) is 2.78. The Balaban J connectivity index is 2.53. The van der Waals surface area contributed by atoms with Crippen molar-refractivity contribution in [3.05, 3.63) is 41.7 Å². The van der Waals surface area contributed by atoms with Crippen LogP contribution in [0.5, 0.6) is 5.75 Å². The lowest BCUT2D eigenvalue weighted by Crippen LogP contribution is -1.91. The van der Waals surface area contributed by atoms with Gasteiger partial charge in [-0.05, 0) is 37.3 Å². The zero-order chi connectivity index (χ0) is 12.4. The first kappa shape index (κ1) is 11.1. The fourth-order valence-electron chi connectivity index (χ4n) is 1.51. The fourth-order valence-corrected chi connectivity index (χ4v) is 1.51. The Morgan fingerprint density at radius 1 is 1.29 bits per heavy atom. The van der Waals surface area contributed by atoms with E-state index in [4.69, 9.17) is 4.42 Å². The minimum atomic E-state index is -0.103. The van der Waals surface area contributed by atoms with Crippen molar-refractivity contribution in [3.63, 3.8) is 0 Å². The first-order valence-corrected chi connectivity index (χ1v) is 5.01. The first-order valence-electron chi connectivity index (χ1n) is 5.01. The fraction of sp³-hybridized carbons (Fsp3) is 0.0769. The van der Waals surface area contributed by atoms with Crippen LogP contribution in [0.1, 0.15) is 27.8 Å². The Morgan fingerprint density at radius 3 is 2.65 bits per heavy atom. The highest BCUT2D eigenvalue weighted by molar-refractivity contribution is 5.95. The van der Waals surface area contributed by atoms with Crippen molar-refractivity contribution >= 4 is 12.1 Å². The van der Waals surface area contributed by atoms with Gasteiger partial charge in [0.15, 0.2) is 17.8 Å². The topological polar surface area (TPSA) is 67.5 Å². The highest BCUT2D eigenvalue weighted by atomic mass is 16.3. The predicted molar refractivity (Wildman–Crippen MR) is 61.2 cm³/mol. The summed E-state index contributed by atoms with van der Waals surface area (Å²) < 4.78 is 5.20. The molecule has 4 heteroatoms. The van der Waals surface area contributed by atoms with Gasteiger partial charge in [-0.3, -0.25) is 9.59 Å². The van der Waals surface area contributed by atoms with Crippen LogP contribution in [0.4, 0.5) is 0 Å². The van der Waals surface area contributed by atoms with Crippen molar-refractivity contribution in [2.24, 2.45) is 0 Å². The Labute approximate surface area is 97.5 Å². The summed E-state index contributed by atoms with van der Waals surface area (Å²) in [5.74, 6) is 0.426. The number of carbonyl (C=O) groups is 2. The molecule has 1 heterocycles. The van der Waals surface area contributed by atoms with Gasteiger partial charge in [0.05, 0.1) is 5.56 Å². The number of carbonyl (C=O) groups excluding carboxylic acids is 2. The van der Waals surface area contributed by atoms with Gasteiger partial charge in [0.2, 0.25) is 0 Å². The molecule has 4 nitrogen and oxygen atoms in total. The van der Waals surface area contributed by atoms with Crippen LogP contribution in [0, 0.1) is 0 Å². The molecule has 0 aliphatic carbocycles. The second-order valence-electron chi connectivity index (χ2n) is 3.61. The highest BCUT2D eigenvalue weighted by Crippen LogP contribution is 2.31. The van der Waals surface area contributed by atoms with Gasteiger partial charge >= 0.3 is 0 Å². The van der Waals surface area contributed by atoms with Gasteiger partial charge in [0.25, 0.3) is 0 Å². The SMILES string of the molecule is CC(=O)c1ccc(O)c(-c2ccc(C=O)o2)c1. The highest BCUT2D eigenvalue weighted by Gasteiger charge is 2.11. The third-order valence-electron chi connectivity index (χ3n) is 2.41. The van der Waals surface area contributed by atoms with Crippen molar-refractivity contribution in [1.29, 1.82) is 0 Å². The molecule has 0 aliphatic heterocycles.